The molecule has 2 aromatic rings. The molecule has 20 heavy (non-hydrogen) atoms. The van der Waals surface area contributed by atoms with Crippen LogP contribution in [0, 0.1) is 0 Å². The number of benzene rings is 1. The molecule has 0 radical (unpaired) electrons. The van der Waals surface area contributed by atoms with Gasteiger partial charge in [0, 0.05) is 28.7 Å². The highest BCUT2D eigenvalue weighted by Crippen LogP contribution is 2.19. The van der Waals surface area contributed by atoms with Gasteiger partial charge in [-0.1, -0.05) is 24.9 Å². The minimum atomic E-state index is -0.948. The lowest BCUT2D eigenvalue weighted by molar-refractivity contribution is -0.136. The Labute approximate surface area is 121 Å². The molecule has 1 heterocycles. The number of carbonyl (C=O) groups is 1. The lowest BCUT2D eigenvalue weighted by Gasteiger charge is -2.16. The van der Waals surface area contributed by atoms with Gasteiger partial charge in [0.15, 0.2) is 5.43 Å². The van der Waals surface area contributed by atoms with Crippen LogP contribution in [0.4, 0.5) is 0 Å². The minimum absolute atomic E-state index is 0.165. The Hall–Kier alpha value is -1.81. The number of unbranched alkanes of at least 4 members (excludes halogenated alkanes) is 1. The second-order valence-electron chi connectivity index (χ2n) is 4.74. The highest BCUT2D eigenvalue weighted by Gasteiger charge is 2.12. The molecule has 1 N–H and O–H groups in total. The molecule has 0 aliphatic heterocycles. The van der Waals surface area contributed by atoms with Gasteiger partial charge in [-0.15, -0.1) is 0 Å². The molecule has 0 amide bonds. The van der Waals surface area contributed by atoms with Crippen molar-refractivity contribution in [2.24, 2.45) is 0 Å². The summed E-state index contributed by atoms with van der Waals surface area (Å²) in [5.74, 6) is -0.948. The van der Waals surface area contributed by atoms with Crippen molar-refractivity contribution in [2.45, 2.75) is 32.7 Å². The summed E-state index contributed by atoms with van der Waals surface area (Å²) in [6.45, 7) is 2.74. The molecular formula is C15H16ClNO3. The molecule has 1 aromatic heterocycles. The van der Waals surface area contributed by atoms with E-state index in [-0.39, 0.29) is 11.8 Å². The number of hydrogen-bond acceptors (Lipinski definition) is 2. The summed E-state index contributed by atoms with van der Waals surface area (Å²) in [4.78, 5) is 23.0. The SMILES string of the molecule is CCCCn1c(CC(=O)O)cc(=O)c2ccc(Cl)cc21. The molecule has 0 spiro atoms. The number of carboxylic acid groups (broad SMARTS) is 1. The molecule has 0 saturated carbocycles. The Bertz CT molecular complexity index is 706. The summed E-state index contributed by atoms with van der Waals surface area (Å²) in [6.07, 6.45) is 1.74. The van der Waals surface area contributed by atoms with Crippen molar-refractivity contribution >= 4 is 28.5 Å². The van der Waals surface area contributed by atoms with E-state index in [9.17, 15) is 9.59 Å². The molecular weight excluding hydrogens is 278 g/mol. The van der Waals surface area contributed by atoms with Crippen LogP contribution >= 0.6 is 11.6 Å². The molecule has 5 heteroatoms. The summed E-state index contributed by atoms with van der Waals surface area (Å²) in [6, 6.07) is 6.50. The number of aryl methyl sites for hydroxylation is 1. The van der Waals surface area contributed by atoms with Gasteiger partial charge in [0.1, 0.15) is 0 Å². The van der Waals surface area contributed by atoms with Crippen molar-refractivity contribution in [3.05, 3.63) is 45.2 Å². The quantitative estimate of drug-likeness (QED) is 0.921. The van der Waals surface area contributed by atoms with Gasteiger partial charge in [0.2, 0.25) is 0 Å². The van der Waals surface area contributed by atoms with E-state index < -0.39 is 5.97 Å². The fourth-order valence-electron chi connectivity index (χ4n) is 2.28. The number of nitrogens with zero attached hydrogens (tertiary/aromatic N) is 1. The number of pyridine rings is 1. The van der Waals surface area contributed by atoms with Crippen LogP contribution in [0.5, 0.6) is 0 Å². The van der Waals surface area contributed by atoms with Crippen LogP contribution in [-0.4, -0.2) is 15.6 Å². The molecule has 0 atom stereocenters. The number of halogens is 1. The standard InChI is InChI=1S/C15H16ClNO3/c1-2-3-6-17-11(9-15(19)20)8-14(18)12-5-4-10(16)7-13(12)17/h4-5,7-8H,2-3,6,9H2,1H3,(H,19,20). The van der Waals surface area contributed by atoms with Gasteiger partial charge < -0.3 is 9.67 Å². The van der Waals surface area contributed by atoms with E-state index in [1.54, 1.807) is 18.2 Å². The van der Waals surface area contributed by atoms with Crippen molar-refractivity contribution in [1.29, 1.82) is 0 Å². The first-order valence-electron chi connectivity index (χ1n) is 6.56. The summed E-state index contributed by atoms with van der Waals surface area (Å²) in [5, 5.41) is 10.1. The zero-order chi connectivity index (χ0) is 14.7. The third-order valence-electron chi connectivity index (χ3n) is 3.23. The van der Waals surface area contributed by atoms with Crippen molar-refractivity contribution in [3.63, 3.8) is 0 Å². The Balaban J connectivity index is 2.70. The van der Waals surface area contributed by atoms with Gasteiger partial charge in [-0.05, 0) is 24.6 Å². The van der Waals surface area contributed by atoms with Crippen LogP contribution < -0.4 is 5.43 Å². The smallest absolute Gasteiger partial charge is 0.309 e. The third kappa shape index (κ3) is 3.02. The maximum Gasteiger partial charge on any atom is 0.309 e. The lowest BCUT2D eigenvalue weighted by Crippen LogP contribution is -2.17. The van der Waals surface area contributed by atoms with E-state index in [1.807, 2.05) is 4.57 Å². The van der Waals surface area contributed by atoms with Crippen molar-refractivity contribution in [3.8, 4) is 0 Å². The number of rotatable bonds is 5. The van der Waals surface area contributed by atoms with Crippen LogP contribution in [-0.2, 0) is 17.8 Å². The van der Waals surface area contributed by atoms with E-state index >= 15 is 0 Å². The first kappa shape index (κ1) is 14.6. The van der Waals surface area contributed by atoms with E-state index in [2.05, 4.69) is 6.92 Å². The first-order valence-corrected chi connectivity index (χ1v) is 6.94. The largest absolute Gasteiger partial charge is 0.481 e. The highest BCUT2D eigenvalue weighted by atomic mass is 35.5. The first-order chi connectivity index (χ1) is 9.52. The van der Waals surface area contributed by atoms with Gasteiger partial charge in [0.05, 0.1) is 11.9 Å². The number of fused-ring (bicyclic) bond motifs is 1. The van der Waals surface area contributed by atoms with Crippen LogP contribution in [0.3, 0.4) is 0 Å². The zero-order valence-electron chi connectivity index (χ0n) is 11.2. The average molecular weight is 294 g/mol. The molecule has 0 bridgehead atoms. The summed E-state index contributed by atoms with van der Waals surface area (Å²) in [5.41, 5.74) is 1.06. The third-order valence-corrected chi connectivity index (χ3v) is 3.46. The number of aliphatic carboxylic acids is 1. The second-order valence-corrected chi connectivity index (χ2v) is 5.17. The number of hydrogen-bond donors (Lipinski definition) is 1. The molecule has 2 rings (SSSR count). The van der Waals surface area contributed by atoms with Crippen molar-refractivity contribution in [2.75, 3.05) is 0 Å². The van der Waals surface area contributed by atoms with E-state index in [1.165, 1.54) is 6.07 Å². The average Bonchev–Trinajstić information content (AvgIpc) is 2.37. The van der Waals surface area contributed by atoms with Crippen LogP contribution in [0.25, 0.3) is 10.9 Å². The molecule has 0 aliphatic carbocycles. The predicted molar refractivity (Wildman–Crippen MR) is 79.5 cm³/mol. The van der Waals surface area contributed by atoms with Crippen molar-refractivity contribution < 1.29 is 9.90 Å². The highest BCUT2D eigenvalue weighted by molar-refractivity contribution is 6.31. The van der Waals surface area contributed by atoms with Crippen molar-refractivity contribution in [1.82, 2.24) is 4.57 Å². The van der Waals surface area contributed by atoms with E-state index in [4.69, 9.17) is 16.7 Å². The molecule has 0 fully saturated rings. The fourth-order valence-corrected chi connectivity index (χ4v) is 2.45. The van der Waals surface area contributed by atoms with Gasteiger partial charge in [0.25, 0.3) is 0 Å². The van der Waals surface area contributed by atoms with Gasteiger partial charge in [-0.25, -0.2) is 0 Å². The Kier molecular flexibility index (Phi) is 4.45. The van der Waals surface area contributed by atoms with Gasteiger partial charge >= 0.3 is 5.97 Å². The summed E-state index contributed by atoms with van der Waals surface area (Å²) in [7, 11) is 0. The topological polar surface area (TPSA) is 59.3 Å². The molecule has 0 unspecified atom stereocenters. The summed E-state index contributed by atoms with van der Waals surface area (Å²) >= 11 is 6.00. The van der Waals surface area contributed by atoms with E-state index in [0.717, 1.165) is 12.8 Å². The number of carboxylic acids is 1. The normalized spacial score (nSPS) is 10.9. The van der Waals surface area contributed by atoms with Crippen LogP contribution in [0.2, 0.25) is 5.02 Å². The maximum absolute atomic E-state index is 12.1. The molecule has 4 nitrogen and oxygen atoms in total. The Morgan fingerprint density at radius 3 is 2.75 bits per heavy atom. The minimum Gasteiger partial charge on any atom is -0.481 e. The second kappa shape index (κ2) is 6.09. The van der Waals surface area contributed by atoms with Crippen LogP contribution in [0.15, 0.2) is 29.1 Å². The Morgan fingerprint density at radius 2 is 2.10 bits per heavy atom. The van der Waals surface area contributed by atoms with Crippen LogP contribution in [0.1, 0.15) is 25.5 Å². The maximum atomic E-state index is 12.1. The van der Waals surface area contributed by atoms with Gasteiger partial charge in [-0.2, -0.15) is 0 Å². The Morgan fingerprint density at radius 1 is 1.35 bits per heavy atom. The molecule has 1 aromatic carbocycles. The summed E-state index contributed by atoms with van der Waals surface area (Å²) < 4.78 is 1.89. The lowest BCUT2D eigenvalue weighted by atomic mass is 10.1. The number of aromatic nitrogens is 1. The van der Waals surface area contributed by atoms with E-state index in [0.29, 0.717) is 28.2 Å². The molecule has 0 aliphatic rings. The molecule has 106 valence electrons. The molecule has 0 saturated heterocycles. The zero-order valence-corrected chi connectivity index (χ0v) is 12.0. The van der Waals surface area contributed by atoms with Gasteiger partial charge in [-0.3, -0.25) is 9.59 Å². The fraction of sp³-hybridized carbons (Fsp3) is 0.333. The monoisotopic (exact) mass is 293 g/mol. The predicted octanol–water partition coefficient (Wildman–Crippen LogP) is 3.08.